The van der Waals surface area contributed by atoms with Crippen molar-refractivity contribution in [2.45, 2.75) is 23.6 Å². The molecule has 2 unspecified atom stereocenters. The van der Waals surface area contributed by atoms with Crippen LogP contribution in [0.15, 0.2) is 91.0 Å². The lowest BCUT2D eigenvalue weighted by Gasteiger charge is -2.11. The molecule has 10 heteroatoms. The largest absolute Gasteiger partial charge is 0.326 e. The molecule has 0 aliphatic heterocycles. The number of amides is 3. The molecule has 42 heavy (non-hydrogen) atoms. The monoisotopic (exact) mass is 639 g/mol. The molecule has 214 valence electrons. The van der Waals surface area contributed by atoms with Gasteiger partial charge in [-0.05, 0) is 78.2 Å². The van der Waals surface area contributed by atoms with Gasteiger partial charge in [0.1, 0.15) is 4.33 Å². The molecular formula is C32H25Cl4N3O3. The van der Waals surface area contributed by atoms with Crippen molar-refractivity contribution in [2.75, 3.05) is 16.0 Å². The molecule has 1 saturated carbocycles. The van der Waals surface area contributed by atoms with Gasteiger partial charge in [-0.25, -0.2) is 0 Å². The summed E-state index contributed by atoms with van der Waals surface area (Å²) in [5.41, 5.74) is 4.24. The van der Waals surface area contributed by atoms with Crippen molar-refractivity contribution in [3.8, 4) is 0 Å². The molecule has 1 aliphatic rings. The van der Waals surface area contributed by atoms with Gasteiger partial charge in [0.15, 0.2) is 0 Å². The minimum atomic E-state index is -1.29. The highest BCUT2D eigenvalue weighted by molar-refractivity contribution is 6.53. The molecule has 2 atom stereocenters. The fourth-order valence-corrected chi connectivity index (χ4v) is 6.16. The molecule has 0 bridgehead atoms. The van der Waals surface area contributed by atoms with Crippen LogP contribution >= 0.6 is 46.4 Å². The van der Waals surface area contributed by atoms with E-state index in [2.05, 4.69) is 16.0 Å². The smallest absolute Gasteiger partial charge is 0.257 e. The number of carbonyl (C=O) groups excluding carboxylic acids is 3. The maximum Gasteiger partial charge on any atom is 0.257 e. The topological polar surface area (TPSA) is 87.3 Å². The number of hydrogen-bond donors (Lipinski definition) is 3. The Hall–Kier alpha value is -3.55. The fourth-order valence-electron chi connectivity index (χ4n) is 4.83. The van der Waals surface area contributed by atoms with Gasteiger partial charge in [0, 0.05) is 28.0 Å². The Bertz CT molecular complexity index is 1640. The summed E-state index contributed by atoms with van der Waals surface area (Å²) >= 11 is 25.5. The number of benzene rings is 4. The maximum absolute atomic E-state index is 13.1. The van der Waals surface area contributed by atoms with Crippen molar-refractivity contribution in [2.24, 2.45) is 5.92 Å². The van der Waals surface area contributed by atoms with Gasteiger partial charge in [0.2, 0.25) is 11.8 Å². The van der Waals surface area contributed by atoms with Crippen molar-refractivity contribution in [1.82, 2.24) is 0 Å². The number of rotatable bonds is 8. The highest BCUT2D eigenvalue weighted by Gasteiger charge is 2.67. The predicted octanol–water partition coefficient (Wildman–Crippen LogP) is 8.26. The van der Waals surface area contributed by atoms with Crippen LogP contribution in [0.25, 0.3) is 0 Å². The first-order valence-corrected chi connectivity index (χ1v) is 14.5. The van der Waals surface area contributed by atoms with E-state index in [1.54, 1.807) is 36.4 Å². The van der Waals surface area contributed by atoms with Crippen LogP contribution in [0, 0.1) is 12.8 Å². The summed E-state index contributed by atoms with van der Waals surface area (Å²) in [7, 11) is 0. The average Bonchev–Trinajstić information content (AvgIpc) is 3.52. The summed E-state index contributed by atoms with van der Waals surface area (Å²) in [5, 5.41) is 9.16. The van der Waals surface area contributed by atoms with E-state index in [0.717, 1.165) is 16.7 Å². The zero-order valence-electron chi connectivity index (χ0n) is 22.3. The number of nitrogens with one attached hydrogen (secondary N) is 3. The highest BCUT2D eigenvalue weighted by atomic mass is 35.5. The molecule has 4 aromatic rings. The molecule has 3 N–H and O–H groups in total. The number of hydrogen-bond acceptors (Lipinski definition) is 3. The summed E-state index contributed by atoms with van der Waals surface area (Å²) < 4.78 is -1.29. The normalized spacial score (nSPS) is 16.8. The molecule has 0 spiro atoms. The van der Waals surface area contributed by atoms with Crippen LogP contribution < -0.4 is 16.0 Å². The molecule has 1 fully saturated rings. The van der Waals surface area contributed by atoms with E-state index < -0.39 is 22.1 Å². The van der Waals surface area contributed by atoms with Gasteiger partial charge in [-0.3, -0.25) is 14.4 Å². The molecule has 0 aromatic heterocycles. The summed E-state index contributed by atoms with van der Waals surface area (Å²) in [5.74, 6) is -2.15. The standard InChI is InChI=1S/C32H25Cl4N3O3/c1-18-13-20(16-21(33)14-18)28-29(32(28,35)36)31(42)39-24-11-12-26(34)25(17-24)30(41)38-23-9-7-22(8-10-23)37-27(40)15-19-5-3-2-4-6-19/h2-14,16-17,28-29H,15H2,1H3,(H,37,40)(H,38,41)(H,39,42). The van der Waals surface area contributed by atoms with Gasteiger partial charge in [0.05, 0.1) is 22.9 Å². The second-order valence-electron chi connectivity index (χ2n) is 10.1. The summed E-state index contributed by atoms with van der Waals surface area (Å²) in [6.07, 6.45) is 0.253. The first kappa shape index (κ1) is 29.9. The van der Waals surface area contributed by atoms with Crippen LogP contribution in [-0.2, 0) is 16.0 Å². The van der Waals surface area contributed by atoms with Crippen LogP contribution in [0.4, 0.5) is 17.1 Å². The van der Waals surface area contributed by atoms with Crippen LogP contribution in [0.2, 0.25) is 10.0 Å². The third-order valence-corrected chi connectivity index (χ3v) is 8.36. The zero-order chi connectivity index (χ0) is 30.0. The Kier molecular flexibility index (Phi) is 8.81. The number of anilines is 3. The van der Waals surface area contributed by atoms with E-state index in [1.165, 1.54) is 12.1 Å². The quantitative estimate of drug-likeness (QED) is 0.169. The lowest BCUT2D eigenvalue weighted by atomic mass is 10.1. The molecule has 1 aliphatic carbocycles. The molecule has 0 radical (unpaired) electrons. The van der Waals surface area contributed by atoms with E-state index in [9.17, 15) is 14.4 Å². The van der Waals surface area contributed by atoms with Crippen molar-refractivity contribution in [3.05, 3.63) is 123 Å². The van der Waals surface area contributed by atoms with E-state index in [4.69, 9.17) is 46.4 Å². The summed E-state index contributed by atoms with van der Waals surface area (Å²) in [6, 6.07) is 26.2. The molecule has 4 aromatic carbocycles. The van der Waals surface area contributed by atoms with Gasteiger partial charge in [-0.1, -0.05) is 59.6 Å². The number of halogens is 4. The predicted molar refractivity (Wildman–Crippen MR) is 170 cm³/mol. The summed E-state index contributed by atoms with van der Waals surface area (Å²) in [6.45, 7) is 1.90. The Balaban J connectivity index is 1.21. The van der Waals surface area contributed by atoms with Crippen molar-refractivity contribution >= 4 is 81.2 Å². The van der Waals surface area contributed by atoms with Crippen LogP contribution in [0.1, 0.15) is 33.0 Å². The lowest BCUT2D eigenvalue weighted by Crippen LogP contribution is -2.18. The Morgan fingerprint density at radius 3 is 2.07 bits per heavy atom. The second-order valence-corrected chi connectivity index (χ2v) is 12.4. The molecule has 0 saturated heterocycles. The minimum Gasteiger partial charge on any atom is -0.326 e. The van der Waals surface area contributed by atoms with E-state index >= 15 is 0 Å². The van der Waals surface area contributed by atoms with E-state index in [0.29, 0.717) is 22.1 Å². The first-order valence-electron chi connectivity index (χ1n) is 13.0. The average molecular weight is 641 g/mol. The van der Waals surface area contributed by atoms with Gasteiger partial charge >= 0.3 is 0 Å². The van der Waals surface area contributed by atoms with Gasteiger partial charge in [-0.15, -0.1) is 23.2 Å². The van der Waals surface area contributed by atoms with Crippen LogP contribution in [0.3, 0.4) is 0 Å². The maximum atomic E-state index is 13.1. The Morgan fingerprint density at radius 2 is 1.40 bits per heavy atom. The van der Waals surface area contributed by atoms with Crippen molar-refractivity contribution < 1.29 is 14.4 Å². The van der Waals surface area contributed by atoms with E-state index in [1.807, 2.05) is 49.4 Å². The van der Waals surface area contributed by atoms with Crippen molar-refractivity contribution in [1.29, 1.82) is 0 Å². The Morgan fingerprint density at radius 1 is 0.762 bits per heavy atom. The van der Waals surface area contributed by atoms with E-state index in [-0.39, 0.29) is 28.8 Å². The third kappa shape index (κ3) is 6.90. The highest BCUT2D eigenvalue weighted by Crippen LogP contribution is 2.65. The van der Waals surface area contributed by atoms with Gasteiger partial charge in [0.25, 0.3) is 5.91 Å². The SMILES string of the molecule is Cc1cc(Cl)cc(C2C(C(=O)Nc3ccc(Cl)c(C(=O)Nc4ccc(NC(=O)Cc5ccccc5)cc4)c3)C2(Cl)Cl)c1. The number of carbonyl (C=O) groups is 3. The lowest BCUT2D eigenvalue weighted by molar-refractivity contribution is -0.117. The number of aryl methyl sites for hydroxylation is 1. The van der Waals surface area contributed by atoms with Crippen LogP contribution in [0.5, 0.6) is 0 Å². The summed E-state index contributed by atoms with van der Waals surface area (Å²) in [4.78, 5) is 38.5. The number of alkyl halides is 2. The zero-order valence-corrected chi connectivity index (χ0v) is 25.3. The first-order chi connectivity index (χ1) is 20.0. The molecule has 5 rings (SSSR count). The van der Waals surface area contributed by atoms with Crippen LogP contribution in [-0.4, -0.2) is 22.1 Å². The fraction of sp³-hybridized carbons (Fsp3) is 0.156. The third-order valence-electron chi connectivity index (χ3n) is 6.87. The molecule has 3 amide bonds. The van der Waals surface area contributed by atoms with Crippen molar-refractivity contribution in [3.63, 3.8) is 0 Å². The minimum absolute atomic E-state index is 0.149. The van der Waals surface area contributed by atoms with Gasteiger partial charge in [-0.2, -0.15) is 0 Å². The molecular weight excluding hydrogens is 616 g/mol. The Labute approximate surface area is 263 Å². The van der Waals surface area contributed by atoms with Gasteiger partial charge < -0.3 is 16.0 Å². The molecule has 0 heterocycles. The molecule has 6 nitrogen and oxygen atoms in total. The second kappa shape index (κ2) is 12.4.